The lowest BCUT2D eigenvalue weighted by Gasteiger charge is -2.25. The molecule has 4 heteroatoms. The average molecular weight is 290 g/mol. The predicted octanol–water partition coefficient (Wildman–Crippen LogP) is 3.07. The molecule has 1 aliphatic carbocycles. The van der Waals surface area contributed by atoms with Crippen molar-refractivity contribution >= 4 is 11.6 Å². The summed E-state index contributed by atoms with van der Waals surface area (Å²) in [6.07, 6.45) is 4.06. The third kappa shape index (κ3) is 3.56. The lowest BCUT2D eigenvalue weighted by atomic mass is 9.87. The molecule has 1 aromatic carbocycles. The molecule has 0 fully saturated rings. The van der Waals surface area contributed by atoms with Gasteiger partial charge in [0.1, 0.15) is 5.75 Å². The molecule has 0 aliphatic heterocycles. The molecular weight excluding hydrogens is 264 g/mol. The van der Waals surface area contributed by atoms with Crippen LogP contribution in [0.25, 0.3) is 0 Å². The van der Waals surface area contributed by atoms with Crippen molar-refractivity contribution in [2.45, 2.75) is 53.0 Å². The van der Waals surface area contributed by atoms with Crippen LogP contribution in [0.1, 0.15) is 50.3 Å². The number of hydrogen-bond acceptors (Lipinski definition) is 3. The van der Waals surface area contributed by atoms with Crippen molar-refractivity contribution in [3.8, 4) is 5.75 Å². The minimum atomic E-state index is -0.0535. The van der Waals surface area contributed by atoms with Crippen LogP contribution >= 0.6 is 0 Å². The zero-order valence-corrected chi connectivity index (χ0v) is 13.3. The molecule has 1 aliphatic rings. The molecule has 2 rings (SSSR count). The molecule has 4 nitrogen and oxygen atoms in total. The molecule has 0 unspecified atom stereocenters. The Labute approximate surface area is 127 Å². The summed E-state index contributed by atoms with van der Waals surface area (Å²) >= 11 is 0. The van der Waals surface area contributed by atoms with E-state index in [1.54, 1.807) is 0 Å². The van der Waals surface area contributed by atoms with Crippen LogP contribution in [0.4, 0.5) is 5.69 Å². The van der Waals surface area contributed by atoms with Crippen molar-refractivity contribution in [1.82, 2.24) is 4.90 Å². The minimum Gasteiger partial charge on any atom is -0.507 e. The molecule has 0 saturated heterocycles. The monoisotopic (exact) mass is 290 g/mol. The molecule has 1 aromatic rings. The van der Waals surface area contributed by atoms with Crippen LogP contribution in [0.3, 0.4) is 0 Å². The van der Waals surface area contributed by atoms with Crippen LogP contribution in [-0.4, -0.2) is 29.0 Å². The summed E-state index contributed by atoms with van der Waals surface area (Å²) in [5.74, 6) is 0.382. The van der Waals surface area contributed by atoms with Gasteiger partial charge in [0.15, 0.2) is 0 Å². The normalized spacial score (nSPS) is 14.1. The summed E-state index contributed by atoms with van der Waals surface area (Å²) < 4.78 is 0. The van der Waals surface area contributed by atoms with E-state index in [1.807, 2.05) is 6.07 Å². The first-order valence-electron chi connectivity index (χ1n) is 7.93. The molecule has 0 radical (unpaired) electrons. The predicted molar refractivity (Wildman–Crippen MR) is 85.7 cm³/mol. The van der Waals surface area contributed by atoms with Crippen molar-refractivity contribution in [3.63, 3.8) is 0 Å². The summed E-state index contributed by atoms with van der Waals surface area (Å²) in [5, 5.41) is 13.5. The zero-order chi connectivity index (χ0) is 15.4. The van der Waals surface area contributed by atoms with Crippen molar-refractivity contribution in [2.75, 3.05) is 18.4 Å². The molecule has 116 valence electrons. The fourth-order valence-electron chi connectivity index (χ4n) is 3.10. The second-order valence-corrected chi connectivity index (χ2v) is 5.74. The van der Waals surface area contributed by atoms with E-state index in [0.29, 0.717) is 5.75 Å². The number of anilines is 1. The van der Waals surface area contributed by atoms with Gasteiger partial charge in [-0.1, -0.05) is 13.8 Å². The van der Waals surface area contributed by atoms with E-state index in [1.165, 1.54) is 6.92 Å². The SMILES string of the molecule is CCN(CC)Cc1cc(NC(C)=O)c2c(c1O)CCCC2. The molecule has 0 saturated carbocycles. The standard InChI is InChI=1S/C17H26N2O2/c1-4-19(5-2)11-13-10-16(18-12(3)20)14-8-6-7-9-15(14)17(13)21/h10,21H,4-9,11H2,1-3H3,(H,18,20). The summed E-state index contributed by atoms with van der Waals surface area (Å²) in [5.41, 5.74) is 3.96. The number of rotatable bonds is 5. The van der Waals surface area contributed by atoms with Gasteiger partial charge in [0, 0.05) is 24.7 Å². The molecule has 0 aromatic heterocycles. The highest BCUT2D eigenvalue weighted by Crippen LogP contribution is 2.37. The van der Waals surface area contributed by atoms with Gasteiger partial charge >= 0.3 is 0 Å². The number of fused-ring (bicyclic) bond motifs is 1. The summed E-state index contributed by atoms with van der Waals surface area (Å²) in [7, 11) is 0. The Bertz CT molecular complexity index is 522. The lowest BCUT2D eigenvalue weighted by molar-refractivity contribution is -0.114. The largest absolute Gasteiger partial charge is 0.507 e. The molecule has 1 amide bonds. The number of phenols is 1. The number of aromatic hydroxyl groups is 1. The summed E-state index contributed by atoms with van der Waals surface area (Å²) in [6, 6.07) is 1.96. The molecular formula is C17H26N2O2. The Hall–Kier alpha value is -1.55. The maximum absolute atomic E-state index is 11.4. The minimum absolute atomic E-state index is 0.0535. The van der Waals surface area contributed by atoms with E-state index >= 15 is 0 Å². The van der Waals surface area contributed by atoms with Gasteiger partial charge < -0.3 is 10.4 Å². The van der Waals surface area contributed by atoms with Crippen LogP contribution in [-0.2, 0) is 24.2 Å². The maximum atomic E-state index is 11.4. The molecule has 0 heterocycles. The van der Waals surface area contributed by atoms with Gasteiger partial charge in [-0.15, -0.1) is 0 Å². The van der Waals surface area contributed by atoms with Crippen LogP contribution in [0.2, 0.25) is 0 Å². The van der Waals surface area contributed by atoms with Crippen molar-refractivity contribution in [3.05, 3.63) is 22.8 Å². The van der Waals surface area contributed by atoms with Crippen molar-refractivity contribution < 1.29 is 9.90 Å². The van der Waals surface area contributed by atoms with Gasteiger partial charge in [-0.05, 0) is 56.0 Å². The number of hydrogen-bond donors (Lipinski definition) is 2. The molecule has 0 spiro atoms. The van der Waals surface area contributed by atoms with Crippen LogP contribution in [0.5, 0.6) is 5.75 Å². The van der Waals surface area contributed by atoms with E-state index < -0.39 is 0 Å². The molecule has 21 heavy (non-hydrogen) atoms. The highest BCUT2D eigenvalue weighted by Gasteiger charge is 2.21. The first kappa shape index (κ1) is 15.8. The number of amides is 1. The highest BCUT2D eigenvalue weighted by molar-refractivity contribution is 5.90. The summed E-state index contributed by atoms with van der Waals surface area (Å²) in [6.45, 7) is 8.39. The Morgan fingerprint density at radius 3 is 2.43 bits per heavy atom. The molecule has 0 bridgehead atoms. The highest BCUT2D eigenvalue weighted by atomic mass is 16.3. The molecule has 0 atom stereocenters. The summed E-state index contributed by atoms with van der Waals surface area (Å²) in [4.78, 5) is 13.7. The Kier molecular flexibility index (Phi) is 5.23. The maximum Gasteiger partial charge on any atom is 0.221 e. The second-order valence-electron chi connectivity index (χ2n) is 5.74. The average Bonchev–Trinajstić information content (AvgIpc) is 2.48. The first-order valence-corrected chi connectivity index (χ1v) is 7.93. The first-order chi connectivity index (χ1) is 10.1. The fraction of sp³-hybridized carbons (Fsp3) is 0.588. The zero-order valence-electron chi connectivity index (χ0n) is 13.3. The Morgan fingerprint density at radius 1 is 1.24 bits per heavy atom. The number of carbonyl (C=O) groups excluding carboxylic acids is 1. The van der Waals surface area contributed by atoms with Gasteiger partial charge in [0.2, 0.25) is 5.91 Å². The number of nitrogens with zero attached hydrogens (tertiary/aromatic N) is 1. The number of benzene rings is 1. The second kappa shape index (κ2) is 6.94. The van der Waals surface area contributed by atoms with E-state index in [-0.39, 0.29) is 5.91 Å². The van der Waals surface area contributed by atoms with Crippen molar-refractivity contribution in [2.24, 2.45) is 0 Å². The number of nitrogens with one attached hydrogen (secondary N) is 1. The van der Waals surface area contributed by atoms with Crippen LogP contribution in [0.15, 0.2) is 6.07 Å². The van der Waals surface area contributed by atoms with Crippen molar-refractivity contribution in [1.29, 1.82) is 0 Å². The fourth-order valence-corrected chi connectivity index (χ4v) is 3.10. The van der Waals surface area contributed by atoms with E-state index in [0.717, 1.165) is 67.7 Å². The Balaban J connectivity index is 2.42. The van der Waals surface area contributed by atoms with E-state index in [9.17, 15) is 9.90 Å². The van der Waals surface area contributed by atoms with E-state index in [2.05, 4.69) is 24.1 Å². The van der Waals surface area contributed by atoms with Crippen LogP contribution < -0.4 is 5.32 Å². The van der Waals surface area contributed by atoms with Crippen LogP contribution in [0, 0.1) is 0 Å². The number of phenolic OH excluding ortho intramolecular Hbond substituents is 1. The smallest absolute Gasteiger partial charge is 0.221 e. The molecule has 2 N–H and O–H groups in total. The van der Waals surface area contributed by atoms with Gasteiger partial charge in [0.25, 0.3) is 0 Å². The third-order valence-corrected chi connectivity index (χ3v) is 4.30. The van der Waals surface area contributed by atoms with E-state index in [4.69, 9.17) is 0 Å². The topological polar surface area (TPSA) is 52.6 Å². The Morgan fingerprint density at radius 2 is 1.86 bits per heavy atom. The lowest BCUT2D eigenvalue weighted by Crippen LogP contribution is -2.23. The van der Waals surface area contributed by atoms with Gasteiger partial charge in [-0.3, -0.25) is 9.69 Å². The quantitative estimate of drug-likeness (QED) is 0.819. The van der Waals surface area contributed by atoms with Gasteiger partial charge in [-0.2, -0.15) is 0 Å². The third-order valence-electron chi connectivity index (χ3n) is 4.30. The van der Waals surface area contributed by atoms with Gasteiger partial charge in [0.05, 0.1) is 0 Å². The number of carbonyl (C=O) groups is 1. The van der Waals surface area contributed by atoms with Gasteiger partial charge in [-0.25, -0.2) is 0 Å².